The van der Waals surface area contributed by atoms with Gasteiger partial charge in [0.2, 0.25) is 0 Å². The molecule has 0 fully saturated rings. The molecule has 0 aliphatic carbocycles. The zero-order valence-corrected chi connectivity index (χ0v) is 23.0. The van der Waals surface area contributed by atoms with Crippen LogP contribution in [0.4, 0.5) is 11.4 Å². The van der Waals surface area contributed by atoms with Gasteiger partial charge >= 0.3 is 0 Å². The first-order valence-corrected chi connectivity index (χ1v) is 13.5. The third kappa shape index (κ3) is 6.53. The molecule has 202 valence electrons. The van der Waals surface area contributed by atoms with Gasteiger partial charge in [-0.05, 0) is 72.2 Å². The van der Waals surface area contributed by atoms with Gasteiger partial charge in [0, 0.05) is 36.4 Å². The molecule has 0 radical (unpaired) electrons. The number of amides is 2. The number of rotatable bonds is 9. The molecule has 1 N–H and O–H groups in total. The zero-order valence-electron chi connectivity index (χ0n) is 22.2. The second kappa shape index (κ2) is 12.5. The van der Waals surface area contributed by atoms with Crippen molar-refractivity contribution in [1.82, 2.24) is 5.32 Å². The van der Waals surface area contributed by atoms with E-state index >= 15 is 0 Å². The van der Waals surface area contributed by atoms with Crippen molar-refractivity contribution in [2.45, 2.75) is 13.0 Å². The minimum absolute atomic E-state index is 0.130. The van der Waals surface area contributed by atoms with Crippen molar-refractivity contribution in [2.24, 2.45) is 0 Å². The fourth-order valence-electron chi connectivity index (χ4n) is 4.51. The van der Waals surface area contributed by atoms with E-state index in [0.29, 0.717) is 35.1 Å². The molecule has 0 unspecified atom stereocenters. The van der Waals surface area contributed by atoms with E-state index in [1.807, 2.05) is 85.9 Å². The highest BCUT2D eigenvalue weighted by atomic mass is 35.5. The number of anilines is 2. The summed E-state index contributed by atoms with van der Waals surface area (Å²) in [6, 6.07) is 32.2. The van der Waals surface area contributed by atoms with Gasteiger partial charge in [0.25, 0.3) is 11.8 Å². The van der Waals surface area contributed by atoms with Crippen LogP contribution in [0.2, 0.25) is 5.02 Å². The molecule has 4 aromatic rings. The van der Waals surface area contributed by atoms with E-state index in [0.717, 1.165) is 29.8 Å². The second-order valence-electron chi connectivity index (χ2n) is 9.58. The van der Waals surface area contributed by atoms with Crippen molar-refractivity contribution in [2.75, 3.05) is 29.9 Å². The maximum Gasteiger partial charge on any atom is 0.294 e. The number of hydrogen-bond acceptors (Lipinski definition) is 4. The van der Waals surface area contributed by atoms with Crippen LogP contribution in [0.15, 0.2) is 109 Å². The number of carbonyl (C=O) groups is 2. The van der Waals surface area contributed by atoms with Gasteiger partial charge in [-0.1, -0.05) is 66.2 Å². The van der Waals surface area contributed by atoms with Crippen LogP contribution in [-0.4, -0.2) is 32.0 Å². The van der Waals surface area contributed by atoms with E-state index in [9.17, 15) is 9.59 Å². The van der Waals surface area contributed by atoms with Crippen LogP contribution < -0.4 is 19.9 Å². The topological polar surface area (TPSA) is 61.9 Å². The highest BCUT2D eigenvalue weighted by molar-refractivity contribution is 6.30. The number of nitrogens with one attached hydrogen (secondary N) is 1. The van der Waals surface area contributed by atoms with Crippen LogP contribution in [0.1, 0.15) is 27.9 Å². The van der Waals surface area contributed by atoms with Gasteiger partial charge in [-0.3, -0.25) is 14.5 Å². The van der Waals surface area contributed by atoms with Crippen LogP contribution in [0.5, 0.6) is 5.75 Å². The van der Waals surface area contributed by atoms with Crippen molar-refractivity contribution in [3.8, 4) is 5.75 Å². The average Bonchev–Trinajstić information content (AvgIpc) is 2.99. The molecule has 1 heterocycles. The lowest BCUT2D eigenvalue weighted by Gasteiger charge is -2.30. The Morgan fingerprint density at radius 2 is 1.62 bits per heavy atom. The van der Waals surface area contributed by atoms with Gasteiger partial charge in [0.15, 0.2) is 11.5 Å². The van der Waals surface area contributed by atoms with E-state index in [1.165, 1.54) is 0 Å². The van der Waals surface area contributed by atoms with Crippen LogP contribution in [-0.2, 0) is 11.3 Å². The van der Waals surface area contributed by atoms with Crippen molar-refractivity contribution in [3.63, 3.8) is 0 Å². The second-order valence-corrected chi connectivity index (χ2v) is 10.0. The maximum absolute atomic E-state index is 13.5. The Hall–Kier alpha value is -4.55. The van der Waals surface area contributed by atoms with E-state index in [4.69, 9.17) is 16.3 Å². The van der Waals surface area contributed by atoms with E-state index in [-0.39, 0.29) is 17.6 Å². The predicted molar refractivity (Wildman–Crippen MR) is 161 cm³/mol. The summed E-state index contributed by atoms with van der Waals surface area (Å²) in [5.74, 6) is 0.453. The van der Waals surface area contributed by atoms with Gasteiger partial charge in [-0.15, -0.1) is 0 Å². The third-order valence-electron chi connectivity index (χ3n) is 6.71. The van der Waals surface area contributed by atoms with Gasteiger partial charge in [0.1, 0.15) is 0 Å². The highest BCUT2D eigenvalue weighted by Crippen LogP contribution is 2.36. The standard InChI is InChI=1S/C33H30ClN3O3/c1-36(28-8-3-2-4-9-28)21-7-20-35-32(38)26-16-12-24(13-17-26)22-31-33(39)37(23-25-14-18-27(34)19-15-25)29-10-5-6-11-30(29)40-31/h2-6,8-19,22H,7,20-21,23H2,1H3,(H,35,38). The first-order chi connectivity index (χ1) is 19.5. The molecular formula is C33H30ClN3O3. The Morgan fingerprint density at radius 1 is 0.925 bits per heavy atom. The number of halogens is 1. The van der Waals surface area contributed by atoms with Crippen LogP contribution in [0, 0.1) is 0 Å². The van der Waals surface area contributed by atoms with Gasteiger partial charge in [-0.25, -0.2) is 0 Å². The molecule has 6 nitrogen and oxygen atoms in total. The number of carbonyl (C=O) groups excluding carboxylic acids is 2. The number of ether oxygens (including phenoxy) is 1. The van der Waals surface area contributed by atoms with Gasteiger partial charge in [0.05, 0.1) is 12.2 Å². The monoisotopic (exact) mass is 551 g/mol. The first kappa shape index (κ1) is 27.0. The Morgan fingerprint density at radius 3 is 2.38 bits per heavy atom. The van der Waals surface area contributed by atoms with Crippen LogP contribution in [0.25, 0.3) is 6.08 Å². The minimum Gasteiger partial charge on any atom is -0.449 e. The van der Waals surface area contributed by atoms with Gasteiger partial charge < -0.3 is 15.0 Å². The molecule has 0 saturated carbocycles. The molecule has 0 spiro atoms. The van der Waals surface area contributed by atoms with Crippen molar-refractivity contribution in [3.05, 3.63) is 131 Å². The molecular weight excluding hydrogens is 522 g/mol. The summed E-state index contributed by atoms with van der Waals surface area (Å²) in [4.78, 5) is 30.0. The van der Waals surface area contributed by atoms with Crippen molar-refractivity contribution >= 4 is 40.9 Å². The molecule has 4 aromatic carbocycles. The summed E-state index contributed by atoms with van der Waals surface area (Å²) >= 11 is 6.04. The summed E-state index contributed by atoms with van der Waals surface area (Å²) < 4.78 is 6.00. The SMILES string of the molecule is CN(CCCNC(=O)c1ccc(C=C2Oc3ccccc3N(Cc3ccc(Cl)cc3)C2=O)cc1)c1ccccc1. The number of para-hydroxylation sites is 3. The largest absolute Gasteiger partial charge is 0.449 e. The maximum atomic E-state index is 13.5. The molecule has 2 amide bonds. The number of benzene rings is 4. The van der Waals surface area contributed by atoms with Crippen LogP contribution >= 0.6 is 11.6 Å². The molecule has 0 saturated heterocycles. The first-order valence-electron chi connectivity index (χ1n) is 13.2. The van der Waals surface area contributed by atoms with E-state index in [2.05, 4.69) is 22.3 Å². The smallest absolute Gasteiger partial charge is 0.294 e. The van der Waals surface area contributed by atoms with Crippen LogP contribution in [0.3, 0.4) is 0 Å². The van der Waals surface area contributed by atoms with Crippen molar-refractivity contribution < 1.29 is 14.3 Å². The van der Waals surface area contributed by atoms with Gasteiger partial charge in [-0.2, -0.15) is 0 Å². The molecule has 1 aliphatic heterocycles. The minimum atomic E-state index is -0.240. The van der Waals surface area contributed by atoms with E-state index < -0.39 is 0 Å². The Kier molecular flexibility index (Phi) is 8.47. The summed E-state index contributed by atoms with van der Waals surface area (Å²) in [7, 11) is 2.04. The highest BCUT2D eigenvalue weighted by Gasteiger charge is 2.30. The average molecular weight is 552 g/mol. The zero-order chi connectivity index (χ0) is 27.9. The molecule has 5 rings (SSSR count). The fourth-order valence-corrected chi connectivity index (χ4v) is 4.63. The normalized spacial score (nSPS) is 13.5. The van der Waals surface area contributed by atoms with E-state index in [1.54, 1.807) is 23.1 Å². The fraction of sp³-hybridized carbons (Fsp3) is 0.152. The summed E-state index contributed by atoms with van der Waals surface area (Å²) in [6.07, 6.45) is 2.53. The summed E-state index contributed by atoms with van der Waals surface area (Å²) in [5.41, 5.74) is 4.13. The number of hydrogen-bond donors (Lipinski definition) is 1. The summed E-state index contributed by atoms with van der Waals surface area (Å²) in [6.45, 7) is 1.80. The lowest BCUT2D eigenvalue weighted by atomic mass is 10.1. The molecule has 40 heavy (non-hydrogen) atoms. The lowest BCUT2D eigenvalue weighted by molar-refractivity contribution is -0.117. The quantitative estimate of drug-likeness (QED) is 0.189. The molecule has 0 aromatic heterocycles. The predicted octanol–water partition coefficient (Wildman–Crippen LogP) is 6.56. The number of nitrogens with zero attached hydrogens (tertiary/aromatic N) is 2. The van der Waals surface area contributed by atoms with Crippen molar-refractivity contribution in [1.29, 1.82) is 0 Å². The molecule has 0 bridgehead atoms. The lowest BCUT2D eigenvalue weighted by Crippen LogP contribution is -2.36. The molecule has 1 aliphatic rings. The molecule has 7 heteroatoms. The Bertz CT molecular complexity index is 1500. The number of fused-ring (bicyclic) bond motifs is 1. The summed E-state index contributed by atoms with van der Waals surface area (Å²) in [5, 5.41) is 3.63. The molecule has 0 atom stereocenters. The third-order valence-corrected chi connectivity index (χ3v) is 6.96. The Labute approximate surface area is 239 Å². The Balaban J connectivity index is 1.22.